The van der Waals surface area contributed by atoms with Crippen LogP contribution >= 0.6 is 46.6 Å². The third-order valence-corrected chi connectivity index (χ3v) is 4.07. The lowest BCUT2D eigenvalue weighted by atomic mass is 10.2. The van der Waals surface area contributed by atoms with Crippen LogP contribution in [0.1, 0.15) is 5.56 Å². The molecule has 0 spiro atoms. The third kappa shape index (κ3) is 4.06. The van der Waals surface area contributed by atoms with Crippen LogP contribution in [0.15, 0.2) is 46.4 Å². The van der Waals surface area contributed by atoms with Crippen LogP contribution in [0.3, 0.4) is 0 Å². The molecule has 0 fully saturated rings. The third-order valence-electron chi connectivity index (χ3n) is 2.51. The summed E-state index contributed by atoms with van der Waals surface area (Å²) in [5, 5.41) is 5.47. The minimum atomic E-state index is 0.428. The van der Waals surface area contributed by atoms with Gasteiger partial charge in [0.05, 0.1) is 21.9 Å². The van der Waals surface area contributed by atoms with Crippen molar-refractivity contribution in [1.82, 2.24) is 0 Å². The minimum absolute atomic E-state index is 0.428. The maximum absolute atomic E-state index is 6.05. The van der Waals surface area contributed by atoms with Crippen LogP contribution in [0.2, 0.25) is 15.1 Å². The van der Waals surface area contributed by atoms with Crippen LogP contribution in [0, 0.1) is 0 Å². The van der Waals surface area contributed by atoms with Crippen molar-refractivity contribution in [3.05, 3.63) is 57.0 Å². The van der Waals surface area contributed by atoms with E-state index >= 15 is 0 Å². The van der Waals surface area contributed by atoms with E-state index in [1.54, 1.807) is 30.1 Å². The first-order chi connectivity index (χ1) is 9.60. The van der Waals surface area contributed by atoms with Gasteiger partial charge in [0, 0.05) is 9.92 Å². The number of nitrogens with one attached hydrogen (secondary N) is 1. The second kappa shape index (κ2) is 7.23. The van der Waals surface area contributed by atoms with Crippen LogP contribution in [0.25, 0.3) is 0 Å². The predicted octanol–water partition coefficient (Wildman–Crippen LogP) is 5.81. The number of anilines is 1. The maximum atomic E-state index is 6.05. The highest BCUT2D eigenvalue weighted by molar-refractivity contribution is 7.98. The summed E-state index contributed by atoms with van der Waals surface area (Å²) in [5.41, 5.74) is 4.35. The van der Waals surface area contributed by atoms with Gasteiger partial charge in [0.15, 0.2) is 0 Å². The monoisotopic (exact) mass is 344 g/mol. The summed E-state index contributed by atoms with van der Waals surface area (Å²) in [6.07, 6.45) is 3.74. The van der Waals surface area contributed by atoms with Gasteiger partial charge >= 0.3 is 0 Å². The molecule has 104 valence electrons. The molecule has 0 aliphatic heterocycles. The summed E-state index contributed by atoms with van der Waals surface area (Å²) < 4.78 is 0. The van der Waals surface area contributed by atoms with Gasteiger partial charge in [0.2, 0.25) is 0 Å². The van der Waals surface area contributed by atoms with Crippen molar-refractivity contribution in [1.29, 1.82) is 0 Å². The first-order valence-electron chi connectivity index (χ1n) is 5.68. The molecule has 0 heterocycles. The number of benzene rings is 2. The lowest BCUT2D eigenvalue weighted by Crippen LogP contribution is -1.92. The van der Waals surface area contributed by atoms with Crippen LogP contribution in [0.4, 0.5) is 5.69 Å². The molecule has 0 radical (unpaired) electrons. The first kappa shape index (κ1) is 15.5. The average molecular weight is 346 g/mol. The number of hydrazone groups is 1. The fourth-order valence-electron chi connectivity index (χ4n) is 1.51. The normalized spacial score (nSPS) is 11.0. The number of hydrogen-bond acceptors (Lipinski definition) is 3. The molecule has 20 heavy (non-hydrogen) atoms. The summed E-state index contributed by atoms with van der Waals surface area (Å²) in [6, 6.07) is 11.3. The molecule has 0 aromatic heterocycles. The molecular weight excluding hydrogens is 335 g/mol. The molecule has 0 amide bonds. The lowest BCUT2D eigenvalue weighted by molar-refractivity contribution is 1.34. The van der Waals surface area contributed by atoms with E-state index in [1.807, 2.05) is 30.5 Å². The van der Waals surface area contributed by atoms with E-state index in [0.29, 0.717) is 20.8 Å². The van der Waals surface area contributed by atoms with E-state index in [-0.39, 0.29) is 0 Å². The molecule has 2 nitrogen and oxygen atoms in total. The summed E-state index contributed by atoms with van der Waals surface area (Å²) in [4.78, 5) is 1.21. The molecule has 2 aromatic rings. The molecule has 0 saturated carbocycles. The van der Waals surface area contributed by atoms with Crippen molar-refractivity contribution >= 4 is 58.5 Å². The standard InChI is InChI=1S/C14H11Cl3N2S/c1-20-11-4-2-9(3-5-11)8-18-19-14-12(16)6-10(15)7-13(14)17/h2-8,19H,1H3/b18-8+. The van der Waals surface area contributed by atoms with Gasteiger partial charge < -0.3 is 0 Å². The fraction of sp³-hybridized carbons (Fsp3) is 0.0714. The average Bonchev–Trinajstić information content (AvgIpc) is 2.42. The van der Waals surface area contributed by atoms with Crippen LogP contribution < -0.4 is 5.43 Å². The van der Waals surface area contributed by atoms with Gasteiger partial charge in [-0.3, -0.25) is 5.43 Å². The topological polar surface area (TPSA) is 24.4 Å². The van der Waals surface area contributed by atoms with Crippen LogP contribution in [-0.2, 0) is 0 Å². The smallest absolute Gasteiger partial charge is 0.0935 e. The Labute approximate surface area is 137 Å². The zero-order valence-electron chi connectivity index (χ0n) is 10.5. The molecule has 2 aromatic carbocycles. The Morgan fingerprint density at radius 3 is 2.20 bits per heavy atom. The van der Waals surface area contributed by atoms with Gasteiger partial charge in [-0.2, -0.15) is 5.10 Å². The zero-order chi connectivity index (χ0) is 14.5. The Kier molecular flexibility index (Phi) is 5.61. The lowest BCUT2D eigenvalue weighted by Gasteiger charge is -2.06. The number of nitrogens with zero attached hydrogens (tertiary/aromatic N) is 1. The van der Waals surface area contributed by atoms with Crippen molar-refractivity contribution in [2.45, 2.75) is 4.90 Å². The molecule has 2 rings (SSSR count). The molecule has 6 heteroatoms. The van der Waals surface area contributed by atoms with E-state index in [4.69, 9.17) is 34.8 Å². The summed E-state index contributed by atoms with van der Waals surface area (Å²) >= 11 is 19.6. The second-order valence-electron chi connectivity index (χ2n) is 3.89. The molecule has 1 N–H and O–H groups in total. The van der Waals surface area contributed by atoms with E-state index in [1.165, 1.54) is 4.90 Å². The van der Waals surface area contributed by atoms with Crippen LogP contribution in [0.5, 0.6) is 0 Å². The number of rotatable bonds is 4. The van der Waals surface area contributed by atoms with Gasteiger partial charge in [-0.05, 0) is 36.1 Å². The number of halogens is 3. The summed E-state index contributed by atoms with van der Waals surface area (Å²) in [7, 11) is 0. The Morgan fingerprint density at radius 2 is 1.65 bits per heavy atom. The Morgan fingerprint density at radius 1 is 1.05 bits per heavy atom. The van der Waals surface area contributed by atoms with E-state index in [0.717, 1.165) is 5.56 Å². The Bertz CT molecular complexity index is 604. The molecular formula is C14H11Cl3N2S. The fourth-order valence-corrected chi connectivity index (χ4v) is 2.82. The summed E-state index contributed by atoms with van der Waals surface area (Å²) in [6.45, 7) is 0. The molecule has 0 bridgehead atoms. The molecule has 0 aliphatic carbocycles. The highest BCUT2D eigenvalue weighted by atomic mass is 35.5. The van der Waals surface area contributed by atoms with Crippen molar-refractivity contribution in [2.75, 3.05) is 11.7 Å². The van der Waals surface area contributed by atoms with Gasteiger partial charge in [0.25, 0.3) is 0 Å². The largest absolute Gasteiger partial charge is 0.275 e. The molecule has 0 saturated heterocycles. The molecule has 0 unspecified atom stereocenters. The van der Waals surface area contributed by atoms with E-state index in [2.05, 4.69) is 10.5 Å². The van der Waals surface area contributed by atoms with E-state index < -0.39 is 0 Å². The number of hydrogen-bond donors (Lipinski definition) is 1. The SMILES string of the molecule is CSc1ccc(/C=N/Nc2c(Cl)cc(Cl)cc2Cl)cc1. The number of thioether (sulfide) groups is 1. The van der Waals surface area contributed by atoms with Gasteiger partial charge in [-0.15, -0.1) is 11.8 Å². The Balaban J connectivity index is 2.09. The van der Waals surface area contributed by atoms with Crippen molar-refractivity contribution in [3.63, 3.8) is 0 Å². The van der Waals surface area contributed by atoms with E-state index in [9.17, 15) is 0 Å². The van der Waals surface area contributed by atoms with Gasteiger partial charge in [-0.1, -0.05) is 46.9 Å². The molecule has 0 atom stereocenters. The van der Waals surface area contributed by atoms with Crippen molar-refractivity contribution < 1.29 is 0 Å². The quantitative estimate of drug-likeness (QED) is 0.429. The van der Waals surface area contributed by atoms with Crippen molar-refractivity contribution in [2.24, 2.45) is 5.10 Å². The van der Waals surface area contributed by atoms with Gasteiger partial charge in [0.1, 0.15) is 0 Å². The maximum Gasteiger partial charge on any atom is 0.0935 e. The molecule has 0 aliphatic rings. The van der Waals surface area contributed by atoms with Crippen LogP contribution in [-0.4, -0.2) is 12.5 Å². The minimum Gasteiger partial charge on any atom is -0.275 e. The summed E-state index contributed by atoms with van der Waals surface area (Å²) in [5.74, 6) is 0. The van der Waals surface area contributed by atoms with Crippen molar-refractivity contribution in [3.8, 4) is 0 Å². The van der Waals surface area contributed by atoms with Gasteiger partial charge in [-0.25, -0.2) is 0 Å². The highest BCUT2D eigenvalue weighted by Gasteiger charge is 2.06. The predicted molar refractivity (Wildman–Crippen MR) is 90.9 cm³/mol. The highest BCUT2D eigenvalue weighted by Crippen LogP contribution is 2.33. The zero-order valence-corrected chi connectivity index (χ0v) is 13.6. The second-order valence-corrected chi connectivity index (χ2v) is 6.02. The first-order valence-corrected chi connectivity index (χ1v) is 8.03. The Hall–Kier alpha value is -0.870.